The summed E-state index contributed by atoms with van der Waals surface area (Å²) >= 11 is 0. The molecule has 0 bridgehead atoms. The van der Waals surface area contributed by atoms with Gasteiger partial charge in [0.25, 0.3) is 5.91 Å². The predicted octanol–water partition coefficient (Wildman–Crippen LogP) is 7.12. The second-order valence-electron chi connectivity index (χ2n) is 11.3. The molecule has 1 saturated heterocycles. The van der Waals surface area contributed by atoms with Crippen molar-refractivity contribution < 1.29 is 9.59 Å². The van der Waals surface area contributed by atoms with E-state index in [0.29, 0.717) is 30.3 Å². The Morgan fingerprint density at radius 1 is 0.829 bits per heavy atom. The van der Waals surface area contributed by atoms with Crippen LogP contribution in [0.5, 0.6) is 0 Å². The van der Waals surface area contributed by atoms with Crippen molar-refractivity contribution in [1.29, 1.82) is 0 Å². The number of para-hydroxylation sites is 1. The van der Waals surface area contributed by atoms with E-state index in [4.69, 9.17) is 5.73 Å². The Labute approximate surface area is 246 Å². The number of piperidine rings is 1. The van der Waals surface area contributed by atoms with Crippen LogP contribution in [-0.2, 0) is 0 Å². The predicted molar refractivity (Wildman–Crippen MR) is 168 cm³/mol. The van der Waals surface area contributed by atoms with Crippen LogP contribution in [0.15, 0.2) is 84.9 Å². The highest BCUT2D eigenvalue weighted by Gasteiger charge is 2.29. The van der Waals surface area contributed by atoms with Crippen molar-refractivity contribution in [2.75, 3.05) is 38.1 Å². The van der Waals surface area contributed by atoms with Gasteiger partial charge in [-0.25, -0.2) is 4.79 Å². The fourth-order valence-electron chi connectivity index (χ4n) is 6.07. The number of benzene rings is 3. The zero-order valence-corrected chi connectivity index (χ0v) is 24.8. The molecule has 0 aliphatic carbocycles. The molecule has 1 heterocycles. The first kappa shape index (κ1) is 30.3. The summed E-state index contributed by atoms with van der Waals surface area (Å²) in [7, 11) is 1.88. The van der Waals surface area contributed by atoms with Gasteiger partial charge in [-0.15, -0.1) is 0 Å². The average Bonchev–Trinajstić information content (AvgIpc) is 3.00. The third-order valence-corrected chi connectivity index (χ3v) is 8.30. The summed E-state index contributed by atoms with van der Waals surface area (Å²) in [5.41, 5.74) is 9.55. The van der Waals surface area contributed by atoms with Crippen LogP contribution in [0, 0.1) is 5.92 Å². The number of carbonyl (C=O) groups excluding carboxylic acids is 2. The van der Waals surface area contributed by atoms with Gasteiger partial charge in [-0.1, -0.05) is 105 Å². The Hall–Kier alpha value is -3.64. The molecule has 0 atom stereocenters. The van der Waals surface area contributed by atoms with E-state index in [1.807, 2.05) is 36.2 Å². The molecule has 3 aromatic rings. The number of nitrogens with two attached hydrogens (primary N) is 1. The average molecular weight is 555 g/mol. The lowest BCUT2D eigenvalue weighted by atomic mass is 9.91. The van der Waals surface area contributed by atoms with E-state index in [1.54, 1.807) is 4.90 Å². The lowest BCUT2D eigenvalue weighted by Crippen LogP contribution is -2.42. The van der Waals surface area contributed by atoms with Gasteiger partial charge in [0.05, 0.1) is 17.3 Å². The molecule has 6 nitrogen and oxygen atoms in total. The maximum Gasteiger partial charge on any atom is 0.319 e. The fraction of sp³-hybridized carbons (Fsp3) is 0.429. The fourth-order valence-corrected chi connectivity index (χ4v) is 6.07. The highest BCUT2D eigenvalue weighted by atomic mass is 16.2. The number of amides is 3. The van der Waals surface area contributed by atoms with E-state index in [-0.39, 0.29) is 11.9 Å². The summed E-state index contributed by atoms with van der Waals surface area (Å²) in [5.74, 6) is 0.358. The van der Waals surface area contributed by atoms with Crippen molar-refractivity contribution in [3.8, 4) is 0 Å². The number of hydrogen-bond donors (Lipinski definition) is 1. The minimum absolute atomic E-state index is 0.0632. The van der Waals surface area contributed by atoms with Gasteiger partial charge in [0, 0.05) is 20.1 Å². The smallest absolute Gasteiger partial charge is 0.319 e. The van der Waals surface area contributed by atoms with Crippen molar-refractivity contribution in [1.82, 2.24) is 9.80 Å². The van der Waals surface area contributed by atoms with E-state index in [1.165, 1.54) is 24.0 Å². The summed E-state index contributed by atoms with van der Waals surface area (Å²) < 4.78 is 0. The number of likely N-dealkylation sites (tertiary alicyclic amines) is 1. The van der Waals surface area contributed by atoms with E-state index >= 15 is 0 Å². The lowest BCUT2D eigenvalue weighted by molar-refractivity contribution is 0.0728. The summed E-state index contributed by atoms with van der Waals surface area (Å²) in [6.45, 7) is 5.35. The van der Waals surface area contributed by atoms with Gasteiger partial charge in [-0.05, 0) is 61.5 Å². The van der Waals surface area contributed by atoms with Gasteiger partial charge in [0.1, 0.15) is 0 Å². The van der Waals surface area contributed by atoms with Crippen LogP contribution in [0.1, 0.15) is 79.4 Å². The van der Waals surface area contributed by atoms with E-state index in [2.05, 4.69) is 72.5 Å². The monoisotopic (exact) mass is 554 g/mol. The van der Waals surface area contributed by atoms with E-state index in [0.717, 1.165) is 45.2 Å². The van der Waals surface area contributed by atoms with Crippen LogP contribution < -0.4 is 10.6 Å². The van der Waals surface area contributed by atoms with Crippen molar-refractivity contribution in [3.63, 3.8) is 0 Å². The molecule has 1 fully saturated rings. The van der Waals surface area contributed by atoms with Crippen LogP contribution >= 0.6 is 0 Å². The summed E-state index contributed by atoms with van der Waals surface area (Å²) in [5, 5.41) is 0. The van der Waals surface area contributed by atoms with Gasteiger partial charge < -0.3 is 10.6 Å². The van der Waals surface area contributed by atoms with Crippen molar-refractivity contribution in [2.45, 2.75) is 57.9 Å². The normalized spacial score (nSPS) is 14.2. The van der Waals surface area contributed by atoms with Gasteiger partial charge >= 0.3 is 6.03 Å². The largest absolute Gasteiger partial charge is 0.351 e. The Bertz CT molecular complexity index is 1190. The summed E-state index contributed by atoms with van der Waals surface area (Å²) in [6.07, 6.45) is 7.47. The molecular formula is C35H46N4O2. The minimum Gasteiger partial charge on any atom is -0.351 e. The quantitative estimate of drug-likeness (QED) is 0.229. The van der Waals surface area contributed by atoms with Gasteiger partial charge in [0.15, 0.2) is 0 Å². The van der Waals surface area contributed by atoms with Gasteiger partial charge in [-0.2, -0.15) is 0 Å². The molecule has 0 saturated carbocycles. The standard InChI is InChI=1S/C35H46N4O2/c1-3-4-5-6-15-24-39(35(36)41)32-21-14-13-20-31(32)34(40)37(2)27-28-22-25-38(26-23-28)33(29-16-9-7-10-17-29)30-18-11-8-12-19-30/h7-14,16-21,28,33H,3-6,15,22-27H2,1-2H3,(H2,36,41). The number of urea groups is 1. The van der Waals surface area contributed by atoms with Crippen LogP contribution in [-0.4, -0.2) is 55.0 Å². The molecule has 0 aromatic heterocycles. The first-order valence-electron chi connectivity index (χ1n) is 15.2. The highest BCUT2D eigenvalue weighted by Crippen LogP contribution is 2.33. The Balaban J connectivity index is 1.39. The molecule has 3 aromatic carbocycles. The van der Waals surface area contributed by atoms with Crippen LogP contribution in [0.25, 0.3) is 0 Å². The number of nitrogens with zero attached hydrogens (tertiary/aromatic N) is 3. The molecular weight excluding hydrogens is 508 g/mol. The second kappa shape index (κ2) is 15.4. The third kappa shape index (κ3) is 8.20. The first-order chi connectivity index (χ1) is 20.0. The molecule has 41 heavy (non-hydrogen) atoms. The maximum absolute atomic E-state index is 13.7. The molecule has 4 rings (SSSR count). The summed E-state index contributed by atoms with van der Waals surface area (Å²) in [4.78, 5) is 32.0. The van der Waals surface area contributed by atoms with Crippen molar-refractivity contribution in [3.05, 3.63) is 102 Å². The zero-order chi connectivity index (χ0) is 29.0. The second-order valence-corrected chi connectivity index (χ2v) is 11.3. The lowest BCUT2D eigenvalue weighted by Gasteiger charge is -2.39. The topological polar surface area (TPSA) is 69.9 Å². The number of hydrogen-bond acceptors (Lipinski definition) is 3. The van der Waals surface area contributed by atoms with Crippen LogP contribution in [0.4, 0.5) is 10.5 Å². The highest BCUT2D eigenvalue weighted by molar-refractivity contribution is 6.04. The number of carbonyl (C=O) groups is 2. The Morgan fingerprint density at radius 3 is 1.98 bits per heavy atom. The number of unbranched alkanes of at least 4 members (excludes halogenated alkanes) is 4. The van der Waals surface area contributed by atoms with E-state index in [9.17, 15) is 9.59 Å². The molecule has 6 heteroatoms. The zero-order valence-electron chi connectivity index (χ0n) is 24.8. The summed E-state index contributed by atoms with van der Waals surface area (Å²) in [6, 6.07) is 28.5. The molecule has 0 radical (unpaired) electrons. The van der Waals surface area contributed by atoms with Gasteiger partial charge in [0.2, 0.25) is 0 Å². The van der Waals surface area contributed by atoms with Gasteiger partial charge in [-0.3, -0.25) is 14.6 Å². The van der Waals surface area contributed by atoms with Crippen LogP contribution in [0.2, 0.25) is 0 Å². The Kier molecular flexibility index (Phi) is 11.4. The molecule has 1 aliphatic heterocycles. The number of primary amides is 1. The molecule has 1 aliphatic rings. The maximum atomic E-state index is 13.7. The molecule has 0 spiro atoms. The van der Waals surface area contributed by atoms with Crippen molar-refractivity contribution >= 4 is 17.6 Å². The molecule has 0 unspecified atom stereocenters. The SMILES string of the molecule is CCCCCCCN(C(N)=O)c1ccccc1C(=O)N(C)CC1CCN(C(c2ccccc2)c2ccccc2)CC1. The number of rotatable bonds is 13. The Morgan fingerprint density at radius 2 is 1.39 bits per heavy atom. The molecule has 2 N–H and O–H groups in total. The van der Waals surface area contributed by atoms with Crippen LogP contribution in [0.3, 0.4) is 0 Å². The third-order valence-electron chi connectivity index (χ3n) is 8.30. The molecule has 218 valence electrons. The first-order valence-corrected chi connectivity index (χ1v) is 15.2. The van der Waals surface area contributed by atoms with Crippen molar-refractivity contribution in [2.24, 2.45) is 11.7 Å². The molecule has 3 amide bonds. The van der Waals surface area contributed by atoms with E-state index < -0.39 is 6.03 Å². The minimum atomic E-state index is -0.512. The number of anilines is 1.